The maximum atomic E-state index is 11.7. The van der Waals surface area contributed by atoms with E-state index in [0.29, 0.717) is 17.7 Å². The number of Topliss-reactive ketones (excluding diaryl/α,β-unsaturated/α-hetero) is 1. The highest BCUT2D eigenvalue weighted by atomic mass is 32.2. The third-order valence-corrected chi connectivity index (χ3v) is 4.12. The molecule has 0 amide bonds. The summed E-state index contributed by atoms with van der Waals surface area (Å²) < 4.78 is 0. The van der Waals surface area contributed by atoms with Gasteiger partial charge in [0.2, 0.25) is 0 Å². The van der Waals surface area contributed by atoms with Crippen LogP contribution < -0.4 is 0 Å². The molecule has 1 N–H and O–H groups in total. The van der Waals surface area contributed by atoms with Crippen molar-refractivity contribution in [2.45, 2.75) is 12.5 Å². The molecule has 1 aliphatic rings. The van der Waals surface area contributed by atoms with Crippen LogP contribution in [0.15, 0.2) is 24.3 Å². The van der Waals surface area contributed by atoms with E-state index < -0.39 is 16.9 Å². The van der Waals surface area contributed by atoms with Crippen LogP contribution in [0.4, 0.5) is 5.69 Å². The summed E-state index contributed by atoms with van der Waals surface area (Å²) in [6.45, 7) is 0. The molecular weight excluding hydrogens is 254 g/mol. The van der Waals surface area contributed by atoms with Gasteiger partial charge in [0.05, 0.1) is 16.9 Å². The van der Waals surface area contributed by atoms with Gasteiger partial charge in [-0.2, -0.15) is 11.8 Å². The van der Waals surface area contributed by atoms with Crippen LogP contribution in [0.1, 0.15) is 18.1 Å². The van der Waals surface area contributed by atoms with Crippen molar-refractivity contribution in [3.8, 4) is 0 Å². The average Bonchev–Trinajstić information content (AvgIpc) is 2.38. The number of carbonyl (C=O) groups is 1. The summed E-state index contributed by atoms with van der Waals surface area (Å²) in [6.07, 6.45) is -0.384. The Kier molecular flexibility index (Phi) is 3.98. The summed E-state index contributed by atoms with van der Waals surface area (Å²) >= 11 is 1.65. The van der Waals surface area contributed by atoms with Gasteiger partial charge >= 0.3 is 0 Å². The fourth-order valence-electron chi connectivity index (χ4n) is 1.95. The highest BCUT2D eigenvalue weighted by Gasteiger charge is 2.30. The van der Waals surface area contributed by atoms with Crippen LogP contribution >= 0.6 is 11.8 Å². The third kappa shape index (κ3) is 2.70. The molecular formula is C12H13NO4S. The lowest BCUT2D eigenvalue weighted by atomic mass is 9.92. The summed E-state index contributed by atoms with van der Waals surface area (Å²) in [5.74, 6) is 1.09. The zero-order valence-electron chi connectivity index (χ0n) is 9.61. The van der Waals surface area contributed by atoms with E-state index in [1.54, 1.807) is 11.8 Å². The Morgan fingerprint density at radius 1 is 1.39 bits per heavy atom. The molecule has 1 aromatic carbocycles. The number of non-ortho nitro benzene ring substituents is 1. The van der Waals surface area contributed by atoms with Crippen molar-refractivity contribution in [1.29, 1.82) is 0 Å². The van der Waals surface area contributed by atoms with Gasteiger partial charge in [0, 0.05) is 30.1 Å². The Bertz CT molecular complexity index is 460. The molecule has 96 valence electrons. The number of aliphatic hydroxyl groups is 1. The first-order chi connectivity index (χ1) is 8.59. The Balaban J connectivity index is 2.15. The second kappa shape index (κ2) is 5.49. The van der Waals surface area contributed by atoms with Crippen molar-refractivity contribution < 1.29 is 14.8 Å². The SMILES string of the molecule is O=C1CCSC[C@H]1[C@@H](O)c1ccc([N+](=O)[O-])cc1. The van der Waals surface area contributed by atoms with E-state index in [-0.39, 0.29) is 11.5 Å². The number of nitrogens with zero attached hydrogens (tertiary/aromatic N) is 1. The molecule has 6 heteroatoms. The lowest BCUT2D eigenvalue weighted by Crippen LogP contribution is -2.28. The molecule has 0 bridgehead atoms. The topological polar surface area (TPSA) is 80.4 Å². The number of rotatable bonds is 3. The monoisotopic (exact) mass is 267 g/mol. The zero-order chi connectivity index (χ0) is 13.1. The number of hydrogen-bond donors (Lipinski definition) is 1. The summed E-state index contributed by atoms with van der Waals surface area (Å²) in [4.78, 5) is 21.7. The van der Waals surface area contributed by atoms with E-state index in [1.165, 1.54) is 24.3 Å². The highest BCUT2D eigenvalue weighted by Crippen LogP contribution is 2.31. The van der Waals surface area contributed by atoms with Crippen LogP contribution in [0, 0.1) is 16.0 Å². The van der Waals surface area contributed by atoms with E-state index in [1.807, 2.05) is 0 Å². The number of thioether (sulfide) groups is 1. The van der Waals surface area contributed by atoms with Crippen molar-refractivity contribution in [2.24, 2.45) is 5.92 Å². The van der Waals surface area contributed by atoms with E-state index in [0.717, 1.165) is 5.75 Å². The largest absolute Gasteiger partial charge is 0.388 e. The predicted molar refractivity (Wildman–Crippen MR) is 68.5 cm³/mol. The number of nitro groups is 1. The van der Waals surface area contributed by atoms with Gasteiger partial charge in [-0.3, -0.25) is 14.9 Å². The normalized spacial score (nSPS) is 21.6. The predicted octanol–water partition coefficient (Wildman–Crippen LogP) is 1.95. The number of carbonyl (C=O) groups excluding carboxylic acids is 1. The van der Waals surface area contributed by atoms with Crippen molar-refractivity contribution in [3.63, 3.8) is 0 Å². The molecule has 2 rings (SSSR count). The molecule has 0 aromatic heterocycles. The minimum atomic E-state index is -0.869. The second-order valence-electron chi connectivity index (χ2n) is 4.19. The Hall–Kier alpha value is -1.40. The van der Waals surface area contributed by atoms with Crippen LogP contribution in [0.3, 0.4) is 0 Å². The minimum absolute atomic E-state index is 0.0182. The van der Waals surface area contributed by atoms with Gasteiger partial charge in [-0.05, 0) is 17.7 Å². The third-order valence-electron chi connectivity index (χ3n) is 3.03. The molecule has 1 fully saturated rings. The molecule has 1 aliphatic heterocycles. The Morgan fingerprint density at radius 3 is 2.61 bits per heavy atom. The molecule has 0 aliphatic carbocycles. The summed E-state index contributed by atoms with van der Waals surface area (Å²) in [5.41, 5.74) is 0.539. The molecule has 5 nitrogen and oxygen atoms in total. The molecule has 1 saturated heterocycles. The van der Waals surface area contributed by atoms with Gasteiger partial charge in [-0.25, -0.2) is 0 Å². The molecule has 18 heavy (non-hydrogen) atoms. The maximum Gasteiger partial charge on any atom is 0.269 e. The van der Waals surface area contributed by atoms with Crippen molar-refractivity contribution >= 4 is 23.2 Å². The minimum Gasteiger partial charge on any atom is -0.388 e. The average molecular weight is 267 g/mol. The highest BCUT2D eigenvalue weighted by molar-refractivity contribution is 7.99. The number of ketones is 1. The standard InChI is InChI=1S/C12H13NO4S/c14-11-5-6-18-7-10(11)12(15)8-1-3-9(4-2-8)13(16)17/h1-4,10,12,15H,5-7H2/t10-,12+/m1/s1. The number of nitro benzene ring substituents is 1. The van der Waals surface area contributed by atoms with Gasteiger partial charge in [0.1, 0.15) is 5.78 Å². The van der Waals surface area contributed by atoms with Crippen molar-refractivity contribution in [2.75, 3.05) is 11.5 Å². The van der Waals surface area contributed by atoms with E-state index in [4.69, 9.17) is 0 Å². The fourth-order valence-corrected chi connectivity index (χ4v) is 3.09. The number of hydrogen-bond acceptors (Lipinski definition) is 5. The summed E-state index contributed by atoms with van der Waals surface area (Å²) in [5, 5.41) is 20.7. The second-order valence-corrected chi connectivity index (χ2v) is 5.34. The van der Waals surface area contributed by atoms with E-state index in [9.17, 15) is 20.0 Å². The van der Waals surface area contributed by atoms with Crippen LogP contribution in [0.5, 0.6) is 0 Å². The van der Waals surface area contributed by atoms with Crippen molar-refractivity contribution in [3.05, 3.63) is 39.9 Å². The molecule has 0 radical (unpaired) electrons. The Labute approximate surface area is 108 Å². The quantitative estimate of drug-likeness (QED) is 0.668. The maximum absolute atomic E-state index is 11.7. The van der Waals surface area contributed by atoms with Crippen LogP contribution in [0.25, 0.3) is 0 Å². The summed E-state index contributed by atoms with van der Waals surface area (Å²) in [6, 6.07) is 5.71. The molecule has 0 spiro atoms. The molecule has 1 aromatic rings. The van der Waals surface area contributed by atoms with Crippen LogP contribution in [0.2, 0.25) is 0 Å². The van der Waals surface area contributed by atoms with Gasteiger partial charge in [0.25, 0.3) is 5.69 Å². The van der Waals surface area contributed by atoms with Crippen molar-refractivity contribution in [1.82, 2.24) is 0 Å². The molecule has 0 unspecified atom stereocenters. The van der Waals surface area contributed by atoms with E-state index in [2.05, 4.69) is 0 Å². The first-order valence-corrected chi connectivity index (χ1v) is 6.78. The first kappa shape index (κ1) is 13.0. The number of benzene rings is 1. The van der Waals surface area contributed by atoms with Gasteiger partial charge in [-0.1, -0.05) is 0 Å². The molecule has 0 saturated carbocycles. The smallest absolute Gasteiger partial charge is 0.269 e. The first-order valence-electron chi connectivity index (χ1n) is 5.62. The van der Waals surface area contributed by atoms with Crippen LogP contribution in [-0.2, 0) is 4.79 Å². The van der Waals surface area contributed by atoms with E-state index >= 15 is 0 Å². The molecule has 2 atom stereocenters. The van der Waals surface area contributed by atoms with Gasteiger partial charge in [-0.15, -0.1) is 0 Å². The van der Waals surface area contributed by atoms with Gasteiger partial charge < -0.3 is 5.11 Å². The van der Waals surface area contributed by atoms with Crippen LogP contribution in [-0.4, -0.2) is 27.3 Å². The molecule has 1 heterocycles. The lowest BCUT2D eigenvalue weighted by molar-refractivity contribution is -0.384. The fraction of sp³-hybridized carbons (Fsp3) is 0.417. The Morgan fingerprint density at radius 2 is 2.06 bits per heavy atom. The summed E-state index contributed by atoms with van der Waals surface area (Å²) in [7, 11) is 0. The van der Waals surface area contributed by atoms with Gasteiger partial charge in [0.15, 0.2) is 0 Å². The zero-order valence-corrected chi connectivity index (χ0v) is 10.4. The number of aliphatic hydroxyl groups excluding tert-OH is 1. The lowest BCUT2D eigenvalue weighted by Gasteiger charge is -2.25.